The fourth-order valence-electron chi connectivity index (χ4n) is 1.61. The minimum Gasteiger partial charge on any atom is -0.476 e. The van der Waals surface area contributed by atoms with Gasteiger partial charge in [-0.1, -0.05) is 6.92 Å². The Morgan fingerprint density at radius 3 is 2.94 bits per heavy atom. The molecular formula is C12H21Br2N3O. The summed E-state index contributed by atoms with van der Waals surface area (Å²) in [5.74, 6) is 1.66. The molecule has 2 N–H and O–H groups in total. The molecule has 0 fully saturated rings. The summed E-state index contributed by atoms with van der Waals surface area (Å²) in [6.07, 6.45) is 1.08. The first-order valence-electron chi connectivity index (χ1n) is 5.89. The van der Waals surface area contributed by atoms with E-state index in [-0.39, 0.29) is 34.0 Å². The molecule has 104 valence electrons. The standard InChI is InChI=1S/C12H19N3O.2BrH/c1-3-9(2)14-11-5-4-10-8-13-6-7-16-12(10)15-11;;/h4-5,9,13H,3,6-8H2,1-2H3,(H,14,15);2*1H/t9-;;/m1../s1. The number of fused-ring (bicyclic) bond motifs is 1. The number of ether oxygens (including phenoxy) is 1. The number of aromatic nitrogens is 1. The highest BCUT2D eigenvalue weighted by Crippen LogP contribution is 2.20. The predicted octanol–water partition coefficient (Wildman–Crippen LogP) is 2.93. The zero-order valence-electron chi connectivity index (χ0n) is 10.7. The van der Waals surface area contributed by atoms with Crippen molar-refractivity contribution in [1.82, 2.24) is 10.3 Å². The van der Waals surface area contributed by atoms with E-state index in [1.54, 1.807) is 0 Å². The molecule has 0 unspecified atom stereocenters. The Hall–Kier alpha value is -0.330. The van der Waals surface area contributed by atoms with E-state index in [1.165, 1.54) is 0 Å². The van der Waals surface area contributed by atoms with Crippen molar-refractivity contribution in [2.45, 2.75) is 32.9 Å². The maximum Gasteiger partial charge on any atom is 0.219 e. The number of hydrogen-bond donors (Lipinski definition) is 2. The Balaban J connectivity index is 0.00000144. The first-order chi connectivity index (χ1) is 7.79. The van der Waals surface area contributed by atoms with Crippen LogP contribution in [-0.2, 0) is 6.54 Å². The molecule has 0 saturated carbocycles. The lowest BCUT2D eigenvalue weighted by molar-refractivity contribution is 0.314. The Kier molecular flexibility index (Phi) is 8.56. The van der Waals surface area contributed by atoms with Crippen LogP contribution in [0, 0.1) is 0 Å². The summed E-state index contributed by atoms with van der Waals surface area (Å²) < 4.78 is 5.59. The molecule has 6 heteroatoms. The lowest BCUT2D eigenvalue weighted by Gasteiger charge is -2.13. The first-order valence-corrected chi connectivity index (χ1v) is 5.89. The molecule has 1 aliphatic heterocycles. The SMILES string of the molecule is Br.Br.CC[C@@H](C)Nc1ccc2c(n1)OCCNC2. The van der Waals surface area contributed by atoms with Gasteiger partial charge in [-0.3, -0.25) is 0 Å². The fraction of sp³-hybridized carbons (Fsp3) is 0.583. The molecule has 0 bridgehead atoms. The summed E-state index contributed by atoms with van der Waals surface area (Å²) in [4.78, 5) is 4.49. The van der Waals surface area contributed by atoms with Gasteiger partial charge < -0.3 is 15.4 Å². The number of nitrogens with one attached hydrogen (secondary N) is 2. The van der Waals surface area contributed by atoms with E-state index in [0.717, 1.165) is 36.8 Å². The summed E-state index contributed by atoms with van der Waals surface area (Å²) in [7, 11) is 0. The van der Waals surface area contributed by atoms with Gasteiger partial charge in [-0.25, -0.2) is 0 Å². The van der Waals surface area contributed by atoms with Crippen LogP contribution in [0.3, 0.4) is 0 Å². The molecule has 1 aliphatic rings. The van der Waals surface area contributed by atoms with Gasteiger partial charge in [0.1, 0.15) is 12.4 Å². The first kappa shape index (κ1) is 17.7. The number of hydrogen-bond acceptors (Lipinski definition) is 4. The monoisotopic (exact) mass is 381 g/mol. The summed E-state index contributed by atoms with van der Waals surface area (Å²) in [5, 5.41) is 6.64. The molecule has 1 aromatic heterocycles. The molecule has 0 aromatic carbocycles. The highest BCUT2D eigenvalue weighted by Gasteiger charge is 2.11. The Bertz CT molecular complexity index is 363. The van der Waals surface area contributed by atoms with Crippen molar-refractivity contribution in [2.75, 3.05) is 18.5 Å². The molecule has 1 atom stereocenters. The number of pyridine rings is 1. The lowest BCUT2D eigenvalue weighted by Crippen LogP contribution is -2.16. The number of halogens is 2. The third-order valence-corrected chi connectivity index (χ3v) is 2.78. The number of nitrogens with zero attached hydrogens (tertiary/aromatic N) is 1. The third kappa shape index (κ3) is 4.74. The molecule has 0 amide bonds. The largest absolute Gasteiger partial charge is 0.476 e. The van der Waals surface area contributed by atoms with Crippen LogP contribution in [0.2, 0.25) is 0 Å². The second kappa shape index (κ2) is 8.72. The predicted molar refractivity (Wildman–Crippen MR) is 85.5 cm³/mol. The van der Waals surface area contributed by atoms with Crippen molar-refractivity contribution in [3.8, 4) is 5.88 Å². The van der Waals surface area contributed by atoms with Gasteiger partial charge >= 0.3 is 0 Å². The molecule has 0 radical (unpaired) electrons. The number of anilines is 1. The van der Waals surface area contributed by atoms with Gasteiger partial charge in [0.05, 0.1) is 0 Å². The van der Waals surface area contributed by atoms with E-state index in [9.17, 15) is 0 Å². The van der Waals surface area contributed by atoms with Crippen LogP contribution in [0.4, 0.5) is 5.82 Å². The summed E-state index contributed by atoms with van der Waals surface area (Å²) >= 11 is 0. The summed E-state index contributed by atoms with van der Waals surface area (Å²) in [6.45, 7) is 6.71. The van der Waals surface area contributed by atoms with Crippen LogP contribution in [0.5, 0.6) is 5.88 Å². The van der Waals surface area contributed by atoms with Crippen LogP contribution >= 0.6 is 34.0 Å². The van der Waals surface area contributed by atoms with Gasteiger partial charge in [0.15, 0.2) is 0 Å². The smallest absolute Gasteiger partial charge is 0.219 e. The second-order valence-electron chi connectivity index (χ2n) is 4.14. The van der Waals surface area contributed by atoms with Crippen molar-refractivity contribution < 1.29 is 4.74 Å². The Morgan fingerprint density at radius 1 is 1.44 bits per heavy atom. The van der Waals surface area contributed by atoms with Gasteiger partial charge in [0.2, 0.25) is 5.88 Å². The summed E-state index contributed by atoms with van der Waals surface area (Å²) in [6, 6.07) is 4.53. The minimum atomic E-state index is 0. The van der Waals surface area contributed by atoms with Crippen molar-refractivity contribution in [3.63, 3.8) is 0 Å². The van der Waals surface area contributed by atoms with E-state index >= 15 is 0 Å². The molecule has 1 aromatic rings. The average Bonchev–Trinajstić information content (AvgIpc) is 2.53. The van der Waals surface area contributed by atoms with Gasteiger partial charge in [-0.15, -0.1) is 34.0 Å². The Labute approximate surface area is 129 Å². The van der Waals surface area contributed by atoms with Gasteiger partial charge in [-0.05, 0) is 25.5 Å². The topological polar surface area (TPSA) is 46.2 Å². The molecule has 0 aliphatic carbocycles. The summed E-state index contributed by atoms with van der Waals surface area (Å²) in [5.41, 5.74) is 1.13. The van der Waals surface area contributed by atoms with Crippen LogP contribution in [0.15, 0.2) is 12.1 Å². The van der Waals surface area contributed by atoms with E-state index in [2.05, 4.69) is 35.5 Å². The van der Waals surface area contributed by atoms with Gasteiger partial charge in [-0.2, -0.15) is 4.98 Å². The van der Waals surface area contributed by atoms with E-state index in [0.29, 0.717) is 12.6 Å². The molecule has 0 spiro atoms. The quantitative estimate of drug-likeness (QED) is 0.843. The van der Waals surface area contributed by atoms with Crippen LogP contribution in [0.1, 0.15) is 25.8 Å². The van der Waals surface area contributed by atoms with Crippen molar-refractivity contribution in [1.29, 1.82) is 0 Å². The van der Waals surface area contributed by atoms with Gasteiger partial charge in [0, 0.05) is 24.7 Å². The van der Waals surface area contributed by atoms with Gasteiger partial charge in [0.25, 0.3) is 0 Å². The molecular weight excluding hydrogens is 362 g/mol. The van der Waals surface area contributed by atoms with Crippen LogP contribution < -0.4 is 15.4 Å². The maximum atomic E-state index is 5.59. The van der Waals surface area contributed by atoms with E-state index < -0.39 is 0 Å². The number of rotatable bonds is 3. The Morgan fingerprint density at radius 2 is 2.22 bits per heavy atom. The zero-order chi connectivity index (χ0) is 11.4. The molecule has 2 heterocycles. The second-order valence-corrected chi connectivity index (χ2v) is 4.14. The van der Waals surface area contributed by atoms with E-state index in [4.69, 9.17) is 4.74 Å². The van der Waals surface area contributed by atoms with Crippen molar-refractivity contribution >= 4 is 39.8 Å². The average molecular weight is 383 g/mol. The molecule has 2 rings (SSSR count). The molecule has 0 saturated heterocycles. The minimum absolute atomic E-state index is 0. The maximum absolute atomic E-state index is 5.59. The fourth-order valence-corrected chi connectivity index (χ4v) is 1.61. The highest BCUT2D eigenvalue weighted by atomic mass is 79.9. The molecule has 18 heavy (non-hydrogen) atoms. The highest BCUT2D eigenvalue weighted by molar-refractivity contribution is 8.93. The van der Waals surface area contributed by atoms with Crippen molar-refractivity contribution in [3.05, 3.63) is 17.7 Å². The lowest BCUT2D eigenvalue weighted by atomic mass is 10.2. The normalized spacial score (nSPS) is 15.0. The van der Waals surface area contributed by atoms with Crippen LogP contribution in [0.25, 0.3) is 0 Å². The third-order valence-electron chi connectivity index (χ3n) is 2.78. The molecule has 4 nitrogen and oxygen atoms in total. The van der Waals surface area contributed by atoms with Crippen molar-refractivity contribution in [2.24, 2.45) is 0 Å². The zero-order valence-corrected chi connectivity index (χ0v) is 14.2. The van der Waals surface area contributed by atoms with E-state index in [1.807, 2.05) is 6.07 Å². The van der Waals surface area contributed by atoms with Crippen LogP contribution in [-0.4, -0.2) is 24.2 Å².